The molecule has 9 heteroatoms. The van der Waals surface area contributed by atoms with E-state index in [1.807, 2.05) is 10.6 Å². The number of piperidine rings is 1. The Bertz CT molecular complexity index is 1350. The molecule has 0 spiro atoms. The van der Waals surface area contributed by atoms with Crippen molar-refractivity contribution in [1.29, 1.82) is 0 Å². The van der Waals surface area contributed by atoms with Crippen LogP contribution < -0.4 is 10.9 Å². The van der Waals surface area contributed by atoms with Crippen molar-refractivity contribution in [1.82, 2.24) is 14.8 Å². The molecule has 1 saturated heterocycles. The van der Waals surface area contributed by atoms with E-state index >= 15 is 0 Å². The van der Waals surface area contributed by atoms with Crippen molar-refractivity contribution in [2.45, 2.75) is 18.9 Å². The highest BCUT2D eigenvalue weighted by Crippen LogP contribution is 2.35. The number of aromatic nitrogens is 1. The second kappa shape index (κ2) is 9.16. The summed E-state index contributed by atoms with van der Waals surface area (Å²) in [5.74, 6) is -0.539. The van der Waals surface area contributed by atoms with E-state index in [1.165, 1.54) is 12.3 Å². The van der Waals surface area contributed by atoms with Crippen LogP contribution in [0.4, 0.5) is 0 Å². The third-order valence-electron chi connectivity index (χ3n) is 6.25. The Morgan fingerprint density at radius 3 is 2.65 bits per heavy atom. The fourth-order valence-electron chi connectivity index (χ4n) is 4.74. The molecule has 0 aliphatic carbocycles. The summed E-state index contributed by atoms with van der Waals surface area (Å²) >= 11 is 12.2. The number of benzene rings is 1. The second-order valence-electron chi connectivity index (χ2n) is 8.57. The third-order valence-corrected chi connectivity index (χ3v) is 6.98. The summed E-state index contributed by atoms with van der Waals surface area (Å²) in [5.41, 5.74) is 1.64. The molecule has 3 aromatic rings. The second-order valence-corrected chi connectivity index (χ2v) is 9.39. The van der Waals surface area contributed by atoms with Gasteiger partial charge in [-0.1, -0.05) is 35.3 Å². The lowest BCUT2D eigenvalue weighted by atomic mass is 9.83. The fraction of sp³-hybridized carbons (Fsp3) is 0.240. The predicted molar refractivity (Wildman–Crippen MR) is 129 cm³/mol. The molecule has 4 heterocycles. The van der Waals surface area contributed by atoms with Crippen LogP contribution in [0, 0.1) is 5.92 Å². The van der Waals surface area contributed by atoms with Gasteiger partial charge in [-0.25, -0.2) is 0 Å². The average Bonchev–Trinajstić information content (AvgIpc) is 3.36. The van der Waals surface area contributed by atoms with E-state index in [1.54, 1.807) is 47.4 Å². The number of carbonyl (C=O) groups is 2. The number of likely N-dealkylation sites (tertiary alicyclic amines) is 1. The predicted octanol–water partition coefficient (Wildman–Crippen LogP) is 4.16. The monoisotopic (exact) mass is 497 g/mol. The zero-order chi connectivity index (χ0) is 23.8. The maximum atomic E-state index is 13.7. The van der Waals surface area contributed by atoms with E-state index in [0.29, 0.717) is 35.2 Å². The van der Waals surface area contributed by atoms with Gasteiger partial charge in [-0.15, -0.1) is 0 Å². The molecule has 2 bridgehead atoms. The number of fused-ring (bicyclic) bond motifs is 4. The molecule has 1 fully saturated rings. The van der Waals surface area contributed by atoms with Gasteiger partial charge in [0.25, 0.3) is 17.4 Å². The minimum absolute atomic E-state index is 0.0158. The molecule has 1 aromatic carbocycles. The van der Waals surface area contributed by atoms with Gasteiger partial charge >= 0.3 is 0 Å². The number of amides is 2. The largest absolute Gasteiger partial charge is 0.459 e. The van der Waals surface area contributed by atoms with Crippen molar-refractivity contribution in [3.63, 3.8) is 0 Å². The van der Waals surface area contributed by atoms with Crippen molar-refractivity contribution in [2.75, 3.05) is 13.1 Å². The topological polar surface area (TPSA) is 84.5 Å². The van der Waals surface area contributed by atoms with E-state index < -0.39 is 5.91 Å². The van der Waals surface area contributed by atoms with E-state index in [2.05, 4.69) is 5.32 Å². The molecular weight excluding hydrogens is 477 g/mol. The molecule has 2 amide bonds. The normalized spacial score (nSPS) is 19.5. The molecule has 2 aliphatic rings. The van der Waals surface area contributed by atoms with Gasteiger partial charge in [-0.05, 0) is 54.3 Å². The Morgan fingerprint density at radius 2 is 1.88 bits per heavy atom. The first-order valence-corrected chi connectivity index (χ1v) is 11.7. The Hall–Kier alpha value is -3.29. The van der Waals surface area contributed by atoms with Crippen LogP contribution in [0.5, 0.6) is 0 Å². The summed E-state index contributed by atoms with van der Waals surface area (Å²) in [4.78, 5) is 40.4. The van der Waals surface area contributed by atoms with Gasteiger partial charge in [0, 0.05) is 37.3 Å². The molecule has 0 unspecified atom stereocenters. The molecule has 7 nitrogen and oxygen atoms in total. The number of nitrogens with zero attached hydrogens (tertiary/aromatic N) is 2. The Balaban J connectivity index is 1.45. The summed E-state index contributed by atoms with van der Waals surface area (Å²) in [6, 6.07) is 13.4. The number of rotatable bonds is 4. The smallest absolute Gasteiger partial charge is 0.291 e. The maximum Gasteiger partial charge on any atom is 0.291 e. The molecule has 0 radical (unpaired) electrons. The van der Waals surface area contributed by atoms with E-state index in [-0.39, 0.29) is 34.8 Å². The van der Waals surface area contributed by atoms with Gasteiger partial charge in [-0.3, -0.25) is 14.4 Å². The van der Waals surface area contributed by atoms with Crippen molar-refractivity contribution < 1.29 is 14.0 Å². The van der Waals surface area contributed by atoms with Crippen molar-refractivity contribution in [2.24, 2.45) is 5.92 Å². The number of halogens is 2. The number of hydrogen-bond acceptors (Lipinski definition) is 4. The standard InChI is InChI=1S/C25H21Cl2N3O4/c26-18-7-6-15(10-19(18)27)11-20(28-24(32)22-4-2-8-34-22)25(33)29-12-16-9-17(14-29)21-3-1-5-23(31)30(21)13-16/h1-8,10-11,16-17H,9,12-14H2,(H,28,32)/b20-11+/t16-,17+/m1/s1. The Labute approximate surface area is 205 Å². The minimum atomic E-state index is -0.529. The lowest BCUT2D eigenvalue weighted by molar-refractivity contribution is -0.130. The molecule has 174 valence electrons. The van der Waals surface area contributed by atoms with Gasteiger partial charge in [0.05, 0.1) is 16.3 Å². The summed E-state index contributed by atoms with van der Waals surface area (Å²) in [6.07, 6.45) is 3.89. The molecule has 34 heavy (non-hydrogen) atoms. The molecule has 5 rings (SSSR count). The summed E-state index contributed by atoms with van der Waals surface area (Å²) in [6.45, 7) is 1.51. The molecule has 2 atom stereocenters. The van der Waals surface area contributed by atoms with E-state index in [4.69, 9.17) is 27.6 Å². The van der Waals surface area contributed by atoms with Crippen LogP contribution in [0.3, 0.4) is 0 Å². The zero-order valence-corrected chi connectivity index (χ0v) is 19.6. The molecule has 2 aliphatic heterocycles. The minimum Gasteiger partial charge on any atom is -0.459 e. The quantitative estimate of drug-likeness (QED) is 0.548. The first-order valence-electron chi connectivity index (χ1n) is 10.9. The fourth-order valence-corrected chi connectivity index (χ4v) is 5.05. The average molecular weight is 498 g/mol. The lowest BCUT2D eigenvalue weighted by Gasteiger charge is -2.42. The van der Waals surface area contributed by atoms with Gasteiger partial charge in [0.2, 0.25) is 0 Å². The van der Waals surface area contributed by atoms with Crippen LogP contribution in [0.25, 0.3) is 6.08 Å². The van der Waals surface area contributed by atoms with Gasteiger partial charge in [0.15, 0.2) is 5.76 Å². The van der Waals surface area contributed by atoms with Crippen LogP contribution >= 0.6 is 23.2 Å². The van der Waals surface area contributed by atoms with Crippen molar-refractivity contribution in [3.05, 3.63) is 97.9 Å². The highest BCUT2D eigenvalue weighted by atomic mass is 35.5. The van der Waals surface area contributed by atoms with Gasteiger partial charge < -0.3 is 19.2 Å². The van der Waals surface area contributed by atoms with Crippen LogP contribution in [0.2, 0.25) is 10.0 Å². The number of nitrogens with one attached hydrogen (secondary N) is 1. The van der Waals surface area contributed by atoms with Crippen LogP contribution in [-0.4, -0.2) is 34.4 Å². The molecular formula is C25H21Cl2N3O4. The number of furan rings is 1. The molecule has 1 N–H and O–H groups in total. The number of hydrogen-bond donors (Lipinski definition) is 1. The first-order chi connectivity index (χ1) is 16.4. The number of carbonyl (C=O) groups excluding carboxylic acids is 2. The zero-order valence-electron chi connectivity index (χ0n) is 18.0. The van der Waals surface area contributed by atoms with Crippen LogP contribution in [-0.2, 0) is 11.3 Å². The molecule has 2 aromatic heterocycles. The number of pyridine rings is 1. The summed E-state index contributed by atoms with van der Waals surface area (Å²) in [7, 11) is 0. The summed E-state index contributed by atoms with van der Waals surface area (Å²) < 4.78 is 6.99. The van der Waals surface area contributed by atoms with E-state index in [9.17, 15) is 14.4 Å². The van der Waals surface area contributed by atoms with Crippen molar-refractivity contribution >= 4 is 41.1 Å². The van der Waals surface area contributed by atoms with Crippen molar-refractivity contribution in [3.8, 4) is 0 Å². The van der Waals surface area contributed by atoms with Gasteiger partial charge in [-0.2, -0.15) is 0 Å². The lowest BCUT2D eigenvalue weighted by Crippen LogP contribution is -2.50. The maximum absolute atomic E-state index is 13.7. The Kier molecular flexibility index (Phi) is 6.06. The molecule has 0 saturated carbocycles. The van der Waals surface area contributed by atoms with Gasteiger partial charge in [0.1, 0.15) is 5.70 Å². The SMILES string of the molecule is O=C(N/C(=C/c1ccc(Cl)c(Cl)c1)C(=O)N1C[C@H]2C[C@@H](C1)c1cccc(=O)n1C2)c1ccco1. The third kappa shape index (κ3) is 4.41. The highest BCUT2D eigenvalue weighted by molar-refractivity contribution is 6.42. The van der Waals surface area contributed by atoms with Crippen LogP contribution in [0.1, 0.15) is 34.2 Å². The highest BCUT2D eigenvalue weighted by Gasteiger charge is 2.37. The Morgan fingerprint density at radius 1 is 1.03 bits per heavy atom. The van der Waals surface area contributed by atoms with Crippen LogP contribution in [0.15, 0.2) is 69.7 Å². The first kappa shape index (κ1) is 22.5. The summed E-state index contributed by atoms with van der Waals surface area (Å²) in [5, 5.41) is 3.43. The van der Waals surface area contributed by atoms with E-state index in [0.717, 1.165) is 12.1 Å².